The van der Waals surface area contributed by atoms with Gasteiger partial charge in [-0.25, -0.2) is 0 Å². The molecule has 0 N–H and O–H groups in total. The number of fused-ring (bicyclic) bond motifs is 4. The number of ketones is 2. The zero-order chi connectivity index (χ0) is 14.4. The lowest BCUT2D eigenvalue weighted by Gasteiger charge is -2.17. The van der Waals surface area contributed by atoms with E-state index in [0.717, 1.165) is 17.8 Å². The molecule has 0 fully saturated rings. The molecule has 21 heavy (non-hydrogen) atoms. The summed E-state index contributed by atoms with van der Waals surface area (Å²) >= 11 is 0. The molecule has 0 heterocycles. The maximum atomic E-state index is 12.1. The summed E-state index contributed by atoms with van der Waals surface area (Å²) in [5.74, 6) is 1.25. The second-order valence-corrected chi connectivity index (χ2v) is 5.62. The molecule has 0 spiro atoms. The van der Waals surface area contributed by atoms with Crippen LogP contribution < -0.4 is 0 Å². The molecule has 0 radical (unpaired) electrons. The van der Waals surface area contributed by atoms with Crippen molar-refractivity contribution in [2.45, 2.75) is 26.2 Å². The topological polar surface area (TPSA) is 28.4 Å². The van der Waals surface area contributed by atoms with Crippen LogP contribution in [-0.4, -0.2) is 18.2 Å². The highest BCUT2D eigenvalue weighted by Crippen LogP contribution is 2.42. The number of hydrogen-bond acceptors (Lipinski definition) is 1. The van der Waals surface area contributed by atoms with E-state index in [9.17, 15) is 4.79 Å². The van der Waals surface area contributed by atoms with E-state index in [4.69, 9.17) is 4.42 Å². The molecule has 104 valence electrons. The van der Waals surface area contributed by atoms with Crippen molar-refractivity contribution in [2.75, 3.05) is 6.61 Å². The number of benzene rings is 2. The SMILES string of the molecule is CC[O+]=C1CC2=C(CCC2=O)c2ccc3ccccc3c21. The summed E-state index contributed by atoms with van der Waals surface area (Å²) < 4.78 is 5.90. The summed E-state index contributed by atoms with van der Waals surface area (Å²) in [7, 11) is 0. The van der Waals surface area contributed by atoms with Gasteiger partial charge in [-0.1, -0.05) is 36.4 Å². The average Bonchev–Trinajstić information content (AvgIpc) is 2.88. The van der Waals surface area contributed by atoms with E-state index in [1.165, 1.54) is 27.5 Å². The molecular weight excluding hydrogens is 260 g/mol. The van der Waals surface area contributed by atoms with Crippen LogP contribution in [0.2, 0.25) is 0 Å². The first-order valence-corrected chi connectivity index (χ1v) is 7.56. The van der Waals surface area contributed by atoms with Gasteiger partial charge in [-0.05, 0) is 28.3 Å². The van der Waals surface area contributed by atoms with E-state index in [2.05, 4.69) is 36.4 Å². The van der Waals surface area contributed by atoms with Crippen LogP contribution in [0.25, 0.3) is 16.3 Å². The Morgan fingerprint density at radius 3 is 2.76 bits per heavy atom. The summed E-state index contributed by atoms with van der Waals surface area (Å²) in [5.41, 5.74) is 4.61. The van der Waals surface area contributed by atoms with Crippen molar-refractivity contribution in [3.05, 3.63) is 53.1 Å². The second-order valence-electron chi connectivity index (χ2n) is 5.62. The Bertz CT molecular complexity index is 825. The van der Waals surface area contributed by atoms with Gasteiger partial charge < -0.3 is 0 Å². The molecular formula is C19H17O2+. The lowest BCUT2D eigenvalue weighted by molar-refractivity contribution is -0.264. The first-order valence-electron chi connectivity index (χ1n) is 7.56. The van der Waals surface area contributed by atoms with Crippen molar-refractivity contribution in [2.24, 2.45) is 0 Å². The van der Waals surface area contributed by atoms with Crippen LogP contribution in [0.5, 0.6) is 0 Å². The molecule has 2 aliphatic carbocycles. The normalized spacial score (nSPS) is 19.3. The third kappa shape index (κ3) is 1.79. The lowest BCUT2D eigenvalue weighted by atomic mass is 9.83. The van der Waals surface area contributed by atoms with Gasteiger partial charge in [0.15, 0.2) is 5.78 Å². The van der Waals surface area contributed by atoms with Crippen molar-refractivity contribution < 1.29 is 9.22 Å². The number of rotatable bonds is 1. The van der Waals surface area contributed by atoms with Gasteiger partial charge in [0.25, 0.3) is 6.61 Å². The predicted molar refractivity (Wildman–Crippen MR) is 84.6 cm³/mol. The van der Waals surface area contributed by atoms with E-state index in [0.29, 0.717) is 25.2 Å². The van der Waals surface area contributed by atoms with Gasteiger partial charge in [0.05, 0.1) is 12.0 Å². The number of hydrogen-bond donors (Lipinski definition) is 0. The Morgan fingerprint density at radius 2 is 1.90 bits per heavy atom. The van der Waals surface area contributed by atoms with Gasteiger partial charge in [0, 0.05) is 18.9 Å². The molecule has 4 rings (SSSR count). The number of allylic oxidation sites excluding steroid dienone is 2. The number of Topliss-reactive ketones (excluding diaryl/α,β-unsaturated/α-hetero) is 1. The molecule has 0 saturated carbocycles. The van der Waals surface area contributed by atoms with Gasteiger partial charge in [0.2, 0.25) is 0 Å². The van der Waals surface area contributed by atoms with Crippen molar-refractivity contribution in [1.82, 2.24) is 0 Å². The minimum atomic E-state index is 0.293. The van der Waals surface area contributed by atoms with Crippen LogP contribution in [0.15, 0.2) is 42.0 Å². The third-order valence-corrected chi connectivity index (χ3v) is 4.49. The molecule has 2 aromatic rings. The third-order valence-electron chi connectivity index (χ3n) is 4.49. The fourth-order valence-corrected chi connectivity index (χ4v) is 3.58. The fraction of sp³-hybridized carbons (Fsp3) is 0.263. The standard InChI is InChI=1S/C19H17O2/c1-2-21-18-11-16-14(9-10-17(16)20)15-8-7-12-5-3-4-6-13(12)19(15)18/h3-8H,2,9-11H2,1H3/q+1. The van der Waals surface area contributed by atoms with Crippen LogP contribution in [0.4, 0.5) is 0 Å². The highest BCUT2D eigenvalue weighted by molar-refractivity contribution is 6.22. The Morgan fingerprint density at radius 1 is 1.05 bits per heavy atom. The van der Waals surface area contributed by atoms with Crippen LogP contribution in [-0.2, 0) is 4.79 Å². The summed E-state index contributed by atoms with van der Waals surface area (Å²) in [6, 6.07) is 12.7. The Balaban J connectivity index is 2.08. The number of carbonyl (C=O) groups excluding carboxylic acids is 2. The summed E-state index contributed by atoms with van der Waals surface area (Å²) in [6.45, 7) is 2.63. The molecule has 0 aromatic heterocycles. The highest BCUT2D eigenvalue weighted by atomic mass is 16.4. The smallest absolute Gasteiger partial charge is 0.295 e. The largest absolute Gasteiger partial charge is 0.332 e. The Kier molecular flexibility index (Phi) is 2.78. The van der Waals surface area contributed by atoms with Crippen molar-refractivity contribution in [3.63, 3.8) is 0 Å². The van der Waals surface area contributed by atoms with Crippen molar-refractivity contribution >= 4 is 27.9 Å². The van der Waals surface area contributed by atoms with Gasteiger partial charge in [-0.15, -0.1) is 0 Å². The van der Waals surface area contributed by atoms with Crippen LogP contribution in [0, 0.1) is 0 Å². The molecule has 2 nitrogen and oxygen atoms in total. The second kappa shape index (κ2) is 4.66. The average molecular weight is 277 g/mol. The van der Waals surface area contributed by atoms with Crippen LogP contribution >= 0.6 is 0 Å². The summed E-state index contributed by atoms with van der Waals surface area (Å²) in [4.78, 5) is 12.1. The van der Waals surface area contributed by atoms with E-state index >= 15 is 0 Å². The molecule has 0 amide bonds. The van der Waals surface area contributed by atoms with Gasteiger partial charge in [-0.3, -0.25) is 9.22 Å². The molecule has 0 unspecified atom stereocenters. The van der Waals surface area contributed by atoms with E-state index in [1.807, 2.05) is 6.92 Å². The minimum Gasteiger partial charge on any atom is -0.295 e. The summed E-state index contributed by atoms with van der Waals surface area (Å²) in [6.07, 6.45) is 2.18. The molecule has 2 aromatic carbocycles. The van der Waals surface area contributed by atoms with Crippen molar-refractivity contribution in [1.29, 1.82) is 0 Å². The van der Waals surface area contributed by atoms with Crippen molar-refractivity contribution in [3.8, 4) is 0 Å². The summed E-state index contributed by atoms with van der Waals surface area (Å²) in [5, 5.41) is 2.45. The van der Waals surface area contributed by atoms with E-state index in [-0.39, 0.29) is 0 Å². The molecule has 0 atom stereocenters. The van der Waals surface area contributed by atoms with E-state index in [1.54, 1.807) is 0 Å². The molecule has 0 aliphatic heterocycles. The van der Waals surface area contributed by atoms with Gasteiger partial charge in [0.1, 0.15) is 0 Å². The monoisotopic (exact) mass is 277 g/mol. The fourth-order valence-electron chi connectivity index (χ4n) is 3.58. The zero-order valence-electron chi connectivity index (χ0n) is 12.1. The Hall–Kier alpha value is -2.22. The molecule has 0 bridgehead atoms. The first-order chi connectivity index (χ1) is 10.3. The Labute approximate surface area is 123 Å². The maximum absolute atomic E-state index is 12.1. The molecule has 2 heteroatoms. The van der Waals surface area contributed by atoms with Gasteiger partial charge in [-0.2, -0.15) is 0 Å². The first kappa shape index (κ1) is 12.5. The number of carbonyl (C=O) groups is 1. The highest BCUT2D eigenvalue weighted by Gasteiger charge is 2.37. The molecule has 0 saturated heterocycles. The van der Waals surface area contributed by atoms with Gasteiger partial charge >= 0.3 is 5.78 Å². The van der Waals surface area contributed by atoms with E-state index < -0.39 is 0 Å². The molecule has 2 aliphatic rings. The minimum absolute atomic E-state index is 0.293. The predicted octanol–water partition coefficient (Wildman–Crippen LogP) is 4.10. The van der Waals surface area contributed by atoms with Crippen LogP contribution in [0.1, 0.15) is 41.7 Å². The lowest BCUT2D eigenvalue weighted by Crippen LogP contribution is -2.15. The quantitative estimate of drug-likeness (QED) is 0.721. The maximum Gasteiger partial charge on any atom is 0.332 e. The zero-order valence-corrected chi connectivity index (χ0v) is 12.1. The van der Waals surface area contributed by atoms with Crippen LogP contribution in [0.3, 0.4) is 0 Å².